The number of rotatable bonds is 7. The maximum absolute atomic E-state index is 12.9. The summed E-state index contributed by atoms with van der Waals surface area (Å²) in [7, 11) is -4.05. The number of allylic oxidation sites excluding steroid dienone is 5. The predicted molar refractivity (Wildman–Crippen MR) is 138 cm³/mol. The topological polar surface area (TPSA) is 68.3 Å². The van der Waals surface area contributed by atoms with Gasteiger partial charge in [0.15, 0.2) is 5.75 Å². The van der Waals surface area contributed by atoms with Gasteiger partial charge in [-0.3, -0.25) is 9.71 Å². The summed E-state index contributed by atoms with van der Waals surface area (Å²) in [5.74, 6) is 0.599. The Morgan fingerprint density at radius 2 is 1.70 bits per heavy atom. The molecule has 5 nitrogen and oxygen atoms in total. The number of hydrogen-bond donors (Lipinski definition) is 1. The van der Waals surface area contributed by atoms with Gasteiger partial charge in [0.1, 0.15) is 10.7 Å². The van der Waals surface area contributed by atoms with Crippen molar-refractivity contribution < 1.29 is 13.2 Å². The molecule has 0 aliphatic heterocycles. The number of hydrogen-bond acceptors (Lipinski definition) is 4. The number of nitrogens with zero attached hydrogens (tertiary/aromatic N) is 1. The van der Waals surface area contributed by atoms with E-state index in [4.69, 9.17) is 51.1 Å². The fourth-order valence-corrected chi connectivity index (χ4v) is 5.27. The average Bonchev–Trinajstić information content (AvgIpc) is 2.76. The first kappa shape index (κ1) is 25.4. The molecule has 1 heterocycles. The molecule has 10 heteroatoms. The molecule has 0 aliphatic rings. The molecule has 2 aromatic carbocycles. The van der Waals surface area contributed by atoms with E-state index >= 15 is 0 Å². The Kier molecular flexibility index (Phi) is 8.32. The van der Waals surface area contributed by atoms with Gasteiger partial charge in [0.05, 0.1) is 32.5 Å². The molecule has 1 N–H and O–H groups in total. The maximum Gasteiger partial charge on any atom is 0.263 e. The number of sulfonamides is 1. The van der Waals surface area contributed by atoms with Crippen LogP contribution in [0.1, 0.15) is 13.8 Å². The van der Waals surface area contributed by atoms with Gasteiger partial charge in [0.2, 0.25) is 0 Å². The lowest BCUT2D eigenvalue weighted by Crippen LogP contribution is -2.15. The van der Waals surface area contributed by atoms with Crippen molar-refractivity contribution in [2.45, 2.75) is 13.8 Å². The Morgan fingerprint density at radius 3 is 2.33 bits per heavy atom. The van der Waals surface area contributed by atoms with Gasteiger partial charge in [-0.05, 0) is 44.2 Å². The first-order valence-corrected chi connectivity index (χ1v) is 12.5. The van der Waals surface area contributed by atoms with Crippen LogP contribution in [-0.2, 0) is 10.0 Å². The van der Waals surface area contributed by atoms with E-state index in [0.29, 0.717) is 10.8 Å². The van der Waals surface area contributed by atoms with Gasteiger partial charge < -0.3 is 4.74 Å². The monoisotopic (exact) mass is 542 g/mol. The van der Waals surface area contributed by atoms with Crippen molar-refractivity contribution in [3.05, 3.63) is 91.9 Å². The second kappa shape index (κ2) is 10.8. The molecule has 0 atom stereocenters. The zero-order valence-corrected chi connectivity index (χ0v) is 21.3. The molecule has 0 amide bonds. The van der Waals surface area contributed by atoms with Gasteiger partial charge >= 0.3 is 0 Å². The number of benzene rings is 2. The van der Waals surface area contributed by atoms with Crippen molar-refractivity contribution >= 4 is 73.0 Å². The first-order chi connectivity index (χ1) is 15.6. The number of nitrogens with one attached hydrogen (secondary N) is 1. The minimum Gasteiger partial charge on any atom is -0.453 e. The minimum absolute atomic E-state index is 0.0472. The molecule has 0 aliphatic carbocycles. The molecule has 0 saturated heterocycles. The van der Waals surface area contributed by atoms with Crippen molar-refractivity contribution in [2.24, 2.45) is 0 Å². The predicted octanol–water partition coefficient (Wildman–Crippen LogP) is 8.24. The smallest absolute Gasteiger partial charge is 0.263 e. The summed E-state index contributed by atoms with van der Waals surface area (Å²) in [5, 5.41) is 1.34. The van der Waals surface area contributed by atoms with Crippen molar-refractivity contribution in [3.63, 3.8) is 0 Å². The quantitative estimate of drug-likeness (QED) is 0.304. The molecule has 3 rings (SSSR count). The van der Waals surface area contributed by atoms with E-state index in [0.717, 1.165) is 10.9 Å². The zero-order chi connectivity index (χ0) is 24.2. The molecule has 172 valence electrons. The van der Waals surface area contributed by atoms with Crippen LogP contribution in [0.4, 0.5) is 5.69 Å². The summed E-state index contributed by atoms with van der Waals surface area (Å²) in [5.41, 5.74) is 0.949. The molecule has 3 aromatic rings. The summed E-state index contributed by atoms with van der Waals surface area (Å²) in [4.78, 5) is 4.18. The lowest BCUT2D eigenvalue weighted by atomic mass is 10.2. The minimum atomic E-state index is -4.05. The second-order valence-electron chi connectivity index (χ2n) is 6.66. The third-order valence-electron chi connectivity index (χ3n) is 4.36. The Hall–Kier alpha value is -2.22. The summed E-state index contributed by atoms with van der Waals surface area (Å²) < 4.78 is 34.0. The number of ether oxygens (including phenoxy) is 1. The standard InChI is InChI=1S/C23H18Cl4N2O3S/c1-3-15(24)10-18(25)22(4-2)33(30,31)29-16-11-19(26)23(20(27)12-16)32-17-9-14-7-5-6-8-21(14)28-13-17/h3-13,29H,1-2H3/b15-3+,18-10+,22-4+. The van der Waals surface area contributed by atoms with Gasteiger partial charge in [-0.15, -0.1) is 0 Å². The molecule has 0 spiro atoms. The van der Waals surface area contributed by atoms with Crippen LogP contribution in [0.5, 0.6) is 11.5 Å². The van der Waals surface area contributed by atoms with Gasteiger partial charge in [-0.25, -0.2) is 8.42 Å². The van der Waals surface area contributed by atoms with Gasteiger partial charge in [0.25, 0.3) is 10.0 Å². The van der Waals surface area contributed by atoms with Gasteiger partial charge in [-0.2, -0.15) is 0 Å². The molecule has 33 heavy (non-hydrogen) atoms. The Labute approximate surface area is 212 Å². The number of fused-ring (bicyclic) bond motifs is 1. The normalized spacial score (nSPS) is 13.3. The van der Waals surface area contributed by atoms with E-state index < -0.39 is 10.0 Å². The van der Waals surface area contributed by atoms with Crippen LogP contribution in [0.15, 0.2) is 81.9 Å². The van der Waals surface area contributed by atoms with Crippen molar-refractivity contribution in [3.8, 4) is 11.5 Å². The Bertz CT molecular complexity index is 1380. The highest BCUT2D eigenvalue weighted by Gasteiger charge is 2.22. The molecule has 0 bridgehead atoms. The number of aromatic nitrogens is 1. The third kappa shape index (κ3) is 6.22. The van der Waals surface area contributed by atoms with E-state index in [2.05, 4.69) is 9.71 Å². The fourth-order valence-electron chi connectivity index (χ4n) is 2.85. The molecule has 0 unspecified atom stereocenters. The number of pyridine rings is 1. The molecular weight excluding hydrogens is 526 g/mol. The lowest BCUT2D eigenvalue weighted by Gasteiger charge is -2.14. The molecule has 0 saturated carbocycles. The zero-order valence-electron chi connectivity index (χ0n) is 17.4. The summed E-state index contributed by atoms with van der Waals surface area (Å²) in [6.45, 7) is 3.25. The molecule has 0 fully saturated rings. The SMILES string of the molecule is C\C=C(Cl)/C=C(Cl)\C(=C/C)S(=O)(=O)Nc1cc(Cl)c(Oc2cnc3ccccc3c2)c(Cl)c1. The average molecular weight is 544 g/mol. The lowest BCUT2D eigenvalue weighted by molar-refractivity contribution is 0.482. The van der Waals surface area contributed by atoms with Crippen LogP contribution in [0.3, 0.4) is 0 Å². The van der Waals surface area contributed by atoms with Crippen molar-refractivity contribution in [1.29, 1.82) is 0 Å². The van der Waals surface area contributed by atoms with Crippen LogP contribution in [0.2, 0.25) is 10.0 Å². The van der Waals surface area contributed by atoms with Crippen molar-refractivity contribution in [2.75, 3.05) is 4.72 Å². The van der Waals surface area contributed by atoms with Crippen LogP contribution in [0.25, 0.3) is 10.9 Å². The molecular formula is C23H18Cl4N2O3S. The first-order valence-electron chi connectivity index (χ1n) is 9.55. The highest BCUT2D eigenvalue weighted by molar-refractivity contribution is 7.96. The van der Waals surface area contributed by atoms with Crippen LogP contribution >= 0.6 is 46.4 Å². The number of halogens is 4. The van der Waals surface area contributed by atoms with Gasteiger partial charge in [0, 0.05) is 10.4 Å². The van der Waals surface area contributed by atoms with Crippen LogP contribution in [-0.4, -0.2) is 13.4 Å². The fraction of sp³-hybridized carbons (Fsp3) is 0.0870. The summed E-state index contributed by atoms with van der Waals surface area (Å²) in [6, 6.07) is 12.1. The summed E-state index contributed by atoms with van der Waals surface area (Å²) in [6.07, 6.45) is 5.83. The van der Waals surface area contributed by atoms with Crippen LogP contribution < -0.4 is 9.46 Å². The highest BCUT2D eigenvalue weighted by Crippen LogP contribution is 2.40. The van der Waals surface area contributed by atoms with E-state index in [1.54, 1.807) is 32.2 Å². The highest BCUT2D eigenvalue weighted by atomic mass is 35.5. The summed E-state index contributed by atoms with van der Waals surface area (Å²) >= 11 is 24.8. The number of anilines is 1. The Balaban J connectivity index is 1.88. The van der Waals surface area contributed by atoms with Gasteiger partial charge in [-0.1, -0.05) is 76.8 Å². The van der Waals surface area contributed by atoms with E-state index in [9.17, 15) is 8.42 Å². The molecule has 1 aromatic heterocycles. The third-order valence-corrected chi connectivity index (χ3v) is 7.22. The Morgan fingerprint density at radius 1 is 1.03 bits per heavy atom. The maximum atomic E-state index is 12.9. The molecule has 0 radical (unpaired) electrons. The van der Waals surface area contributed by atoms with E-state index in [1.807, 2.05) is 24.3 Å². The number of para-hydroxylation sites is 1. The van der Waals surface area contributed by atoms with E-state index in [1.165, 1.54) is 24.3 Å². The second-order valence-corrected chi connectivity index (χ2v) is 9.97. The van der Waals surface area contributed by atoms with Crippen molar-refractivity contribution in [1.82, 2.24) is 4.98 Å². The largest absolute Gasteiger partial charge is 0.453 e. The van der Waals surface area contributed by atoms with Crippen LogP contribution in [0, 0.1) is 0 Å². The van der Waals surface area contributed by atoms with E-state index in [-0.39, 0.29) is 31.4 Å².